The van der Waals surface area contributed by atoms with Gasteiger partial charge in [-0.2, -0.15) is 0 Å². The highest BCUT2D eigenvalue weighted by Gasteiger charge is 2.51. The Bertz CT molecular complexity index is 482. The summed E-state index contributed by atoms with van der Waals surface area (Å²) in [5.41, 5.74) is -1.21. The number of alkyl halides is 1. The Labute approximate surface area is 144 Å². The molecule has 1 spiro atoms. The molecule has 1 amide bonds. The van der Waals surface area contributed by atoms with Gasteiger partial charge in [-0.1, -0.05) is 0 Å². The summed E-state index contributed by atoms with van der Waals surface area (Å²) in [4.78, 5) is 16.9. The molecule has 4 aliphatic rings. The molecule has 2 saturated heterocycles. The van der Waals surface area contributed by atoms with E-state index in [-0.39, 0.29) is 5.91 Å². The average molecular weight is 338 g/mol. The minimum atomic E-state index is -1.53. The minimum Gasteiger partial charge on any atom is -0.383 e. The third-order valence-corrected chi connectivity index (χ3v) is 6.91. The predicted molar refractivity (Wildman–Crippen MR) is 90.5 cm³/mol. The number of amides is 1. The monoisotopic (exact) mass is 338 g/mol. The van der Waals surface area contributed by atoms with Crippen LogP contribution >= 0.6 is 0 Å². The molecule has 0 N–H and O–H groups in total. The highest BCUT2D eigenvalue weighted by atomic mass is 19.1. The summed E-state index contributed by atoms with van der Waals surface area (Å²) >= 11 is 0. The molecule has 0 unspecified atom stereocenters. The average Bonchev–Trinajstić information content (AvgIpc) is 3.30. The Morgan fingerprint density at radius 2 is 1.92 bits per heavy atom. The van der Waals surface area contributed by atoms with Crippen LogP contribution in [0.5, 0.6) is 0 Å². The number of methoxy groups -OCH3 is 1. The number of piperidine rings is 1. The normalized spacial score (nSPS) is 32.1. The Morgan fingerprint density at radius 1 is 1.21 bits per heavy atom. The van der Waals surface area contributed by atoms with E-state index in [1.807, 2.05) is 0 Å². The van der Waals surface area contributed by atoms with Crippen molar-refractivity contribution >= 4 is 5.91 Å². The van der Waals surface area contributed by atoms with Gasteiger partial charge in [0.25, 0.3) is 5.91 Å². The summed E-state index contributed by atoms with van der Waals surface area (Å²) in [6.45, 7) is 4.64. The number of carbonyl (C=O) groups excluding carboxylic acids is 1. The van der Waals surface area contributed by atoms with Crippen LogP contribution in [-0.2, 0) is 9.53 Å². The highest BCUT2D eigenvalue weighted by Crippen LogP contribution is 2.46. The van der Waals surface area contributed by atoms with Crippen LogP contribution in [0.25, 0.3) is 0 Å². The number of rotatable bonds is 5. The molecule has 2 saturated carbocycles. The van der Waals surface area contributed by atoms with Crippen molar-refractivity contribution in [2.24, 2.45) is 11.3 Å². The largest absolute Gasteiger partial charge is 0.383 e. The predicted octanol–water partition coefficient (Wildman–Crippen LogP) is 2.62. The number of hydrogen-bond acceptors (Lipinski definition) is 3. The van der Waals surface area contributed by atoms with Gasteiger partial charge in [-0.05, 0) is 62.7 Å². The van der Waals surface area contributed by atoms with Crippen molar-refractivity contribution in [1.82, 2.24) is 9.80 Å². The van der Waals surface area contributed by atoms with Crippen molar-refractivity contribution in [3.63, 3.8) is 0 Å². The fourth-order valence-electron chi connectivity index (χ4n) is 4.99. The third kappa shape index (κ3) is 3.10. The summed E-state index contributed by atoms with van der Waals surface area (Å²) in [5, 5.41) is 0. The van der Waals surface area contributed by atoms with Crippen molar-refractivity contribution in [3.05, 3.63) is 0 Å². The SMILES string of the molecule is COC[C@H]1CC2(CCN(C(=O)C3(F)CCC3)CC2)CN1CC1CC1. The van der Waals surface area contributed by atoms with E-state index in [1.165, 1.54) is 25.8 Å². The van der Waals surface area contributed by atoms with Gasteiger partial charge in [-0.15, -0.1) is 0 Å². The molecule has 1 atom stereocenters. The van der Waals surface area contributed by atoms with Crippen molar-refractivity contribution in [1.29, 1.82) is 0 Å². The quantitative estimate of drug-likeness (QED) is 0.772. The van der Waals surface area contributed by atoms with Gasteiger partial charge < -0.3 is 9.64 Å². The number of likely N-dealkylation sites (tertiary alicyclic amines) is 2. The first-order valence-electron chi connectivity index (χ1n) is 9.75. The molecule has 24 heavy (non-hydrogen) atoms. The number of halogens is 1. The molecule has 4 nitrogen and oxygen atoms in total. The zero-order valence-electron chi connectivity index (χ0n) is 14.9. The molecule has 2 heterocycles. The summed E-state index contributed by atoms with van der Waals surface area (Å²) in [5.74, 6) is 0.663. The van der Waals surface area contributed by atoms with Crippen LogP contribution < -0.4 is 0 Å². The van der Waals surface area contributed by atoms with Crippen LogP contribution in [0.3, 0.4) is 0 Å². The fourth-order valence-corrected chi connectivity index (χ4v) is 4.99. The lowest BCUT2D eigenvalue weighted by molar-refractivity contribution is -0.152. The maximum atomic E-state index is 14.4. The Hall–Kier alpha value is -0.680. The molecule has 4 fully saturated rings. The second-order valence-electron chi connectivity index (χ2n) is 8.80. The van der Waals surface area contributed by atoms with Crippen LogP contribution in [0, 0.1) is 11.3 Å². The van der Waals surface area contributed by atoms with Crippen LogP contribution in [0.4, 0.5) is 4.39 Å². The second kappa shape index (κ2) is 6.24. The maximum absolute atomic E-state index is 14.4. The van der Waals surface area contributed by atoms with Gasteiger partial charge in [0, 0.05) is 39.3 Å². The smallest absolute Gasteiger partial charge is 0.260 e. The Kier molecular flexibility index (Phi) is 4.36. The molecule has 2 aliphatic heterocycles. The van der Waals surface area contributed by atoms with Gasteiger partial charge >= 0.3 is 0 Å². The fraction of sp³-hybridized carbons (Fsp3) is 0.947. The van der Waals surface area contributed by atoms with E-state index in [0.717, 1.165) is 51.4 Å². The highest BCUT2D eigenvalue weighted by molar-refractivity contribution is 5.86. The first-order valence-corrected chi connectivity index (χ1v) is 9.75. The molecule has 0 radical (unpaired) electrons. The standard InChI is InChI=1S/C19H31FN2O2/c1-24-13-16-11-18(14-22(16)12-15-3-4-15)7-9-21(10-8-18)17(23)19(20)5-2-6-19/h15-16H,2-14H2,1H3/t16-/m1/s1. The van der Waals surface area contributed by atoms with E-state index < -0.39 is 5.67 Å². The molecule has 4 rings (SSSR count). The molecule has 5 heteroatoms. The lowest BCUT2D eigenvalue weighted by Gasteiger charge is -2.43. The lowest BCUT2D eigenvalue weighted by Crippen LogP contribution is -2.54. The molecule has 0 aromatic heterocycles. The van der Waals surface area contributed by atoms with Gasteiger partial charge in [0.2, 0.25) is 0 Å². The van der Waals surface area contributed by atoms with Gasteiger partial charge in [0.05, 0.1) is 6.61 Å². The first-order chi connectivity index (χ1) is 11.5. The molecule has 0 bridgehead atoms. The number of hydrogen-bond donors (Lipinski definition) is 0. The topological polar surface area (TPSA) is 32.8 Å². The second-order valence-corrected chi connectivity index (χ2v) is 8.80. The number of nitrogens with zero attached hydrogens (tertiary/aromatic N) is 2. The van der Waals surface area contributed by atoms with Gasteiger partial charge in [-0.25, -0.2) is 4.39 Å². The lowest BCUT2D eigenvalue weighted by atomic mass is 9.75. The molecular formula is C19H31FN2O2. The van der Waals surface area contributed by atoms with Crippen molar-refractivity contribution in [2.75, 3.05) is 39.9 Å². The van der Waals surface area contributed by atoms with Crippen LogP contribution in [0.15, 0.2) is 0 Å². The maximum Gasteiger partial charge on any atom is 0.260 e. The van der Waals surface area contributed by atoms with Crippen LogP contribution in [0.2, 0.25) is 0 Å². The van der Waals surface area contributed by atoms with Crippen LogP contribution in [0.1, 0.15) is 51.4 Å². The number of ether oxygens (including phenoxy) is 1. The zero-order chi connectivity index (χ0) is 16.8. The molecule has 0 aromatic carbocycles. The van der Waals surface area contributed by atoms with Gasteiger partial charge in [0.1, 0.15) is 0 Å². The molecule has 0 aromatic rings. The number of carbonyl (C=O) groups is 1. The molecule has 136 valence electrons. The molecule has 2 aliphatic carbocycles. The Morgan fingerprint density at radius 3 is 2.46 bits per heavy atom. The van der Waals surface area contributed by atoms with E-state index in [2.05, 4.69) is 4.90 Å². The van der Waals surface area contributed by atoms with Crippen molar-refractivity contribution < 1.29 is 13.9 Å². The van der Waals surface area contributed by atoms with Gasteiger partial charge in [-0.3, -0.25) is 9.69 Å². The van der Waals surface area contributed by atoms with Gasteiger partial charge in [0.15, 0.2) is 5.67 Å². The van der Waals surface area contributed by atoms with E-state index in [0.29, 0.717) is 24.3 Å². The van der Waals surface area contributed by atoms with E-state index in [1.54, 1.807) is 12.0 Å². The van der Waals surface area contributed by atoms with E-state index in [9.17, 15) is 9.18 Å². The van der Waals surface area contributed by atoms with Crippen molar-refractivity contribution in [3.8, 4) is 0 Å². The zero-order valence-corrected chi connectivity index (χ0v) is 14.9. The minimum absolute atomic E-state index is 0.232. The van der Waals surface area contributed by atoms with E-state index in [4.69, 9.17) is 4.74 Å². The molecular weight excluding hydrogens is 307 g/mol. The van der Waals surface area contributed by atoms with E-state index >= 15 is 0 Å². The summed E-state index contributed by atoms with van der Waals surface area (Å²) in [6.07, 6.45) is 7.70. The first kappa shape index (κ1) is 16.8. The summed E-state index contributed by atoms with van der Waals surface area (Å²) < 4.78 is 19.9. The summed E-state index contributed by atoms with van der Waals surface area (Å²) in [6, 6.07) is 0.525. The Balaban J connectivity index is 1.36. The summed E-state index contributed by atoms with van der Waals surface area (Å²) in [7, 11) is 1.79. The van der Waals surface area contributed by atoms with Crippen LogP contribution in [-0.4, -0.2) is 67.3 Å². The van der Waals surface area contributed by atoms with Crippen molar-refractivity contribution in [2.45, 2.75) is 63.1 Å². The third-order valence-electron chi connectivity index (χ3n) is 6.91.